The summed E-state index contributed by atoms with van der Waals surface area (Å²) in [5.41, 5.74) is 1.81. The molecule has 0 unspecified atom stereocenters. The Morgan fingerprint density at radius 1 is 1.86 bits per heavy atom. The van der Waals surface area contributed by atoms with Crippen LogP contribution in [0.1, 0.15) is 6.92 Å². The minimum atomic E-state index is 0.336. The number of allylic oxidation sites excluding steroid dienone is 1. The molecule has 0 saturated heterocycles. The van der Waals surface area contributed by atoms with Gasteiger partial charge in [-0.2, -0.15) is 0 Å². The number of nitrogens with one attached hydrogen (secondary N) is 1. The summed E-state index contributed by atoms with van der Waals surface area (Å²) >= 11 is 4.51. The van der Waals surface area contributed by atoms with E-state index < -0.39 is 0 Å². The van der Waals surface area contributed by atoms with Gasteiger partial charge in [0.25, 0.3) is 0 Å². The Hall–Kier alpha value is -0.410. The topological polar surface area (TPSA) is 32.3 Å². The molecule has 0 spiro atoms. The Labute approximate surface area is 47.8 Å². The minimum absolute atomic E-state index is 0.336. The van der Waals surface area contributed by atoms with E-state index in [2.05, 4.69) is 12.2 Å². The minimum Gasteiger partial charge on any atom is -0.290 e. The molecule has 0 aromatic heterocycles. The largest absolute Gasteiger partial charge is 0.290 e. The Bertz CT molecular complexity index is 89.7. The van der Waals surface area contributed by atoms with Crippen molar-refractivity contribution in [2.24, 2.45) is 0 Å². The summed E-state index contributed by atoms with van der Waals surface area (Å²) in [6.07, 6.45) is 3.33. The molecule has 0 saturated carbocycles. The molecule has 0 aliphatic rings. The summed E-state index contributed by atoms with van der Waals surface area (Å²) in [6.45, 7) is 1.82. The third-order valence-corrected chi connectivity index (χ3v) is 0.656. The maximum absolute atomic E-state index is 8.02. The summed E-state index contributed by atoms with van der Waals surface area (Å²) in [4.78, 5) is 0.336. The van der Waals surface area contributed by atoms with Gasteiger partial charge in [0.05, 0.1) is 0 Å². The fraction of sp³-hybridized carbons (Fsp3) is 0.250. The zero-order chi connectivity index (χ0) is 5.70. The fourth-order valence-electron chi connectivity index (χ4n) is 0.189. The molecule has 0 aromatic rings. The maximum atomic E-state index is 8.02. The molecule has 0 atom stereocenters. The lowest BCUT2D eigenvalue weighted by molar-refractivity contribution is 0.238. The zero-order valence-corrected chi connectivity index (χ0v) is 4.83. The van der Waals surface area contributed by atoms with Gasteiger partial charge in [-0.3, -0.25) is 10.7 Å². The molecule has 0 radical (unpaired) electrons. The highest BCUT2D eigenvalue weighted by atomic mass is 32.1. The monoisotopic (exact) mass is 117 g/mol. The Morgan fingerprint density at radius 2 is 2.43 bits per heavy atom. The standard InChI is InChI=1S/C4H7NOS/c1-2-3-4(7)5-6/h2-3,6H,1H3,(H,5,7). The van der Waals surface area contributed by atoms with Gasteiger partial charge >= 0.3 is 0 Å². The Morgan fingerprint density at radius 3 is 2.57 bits per heavy atom. The molecule has 3 heteroatoms. The molecule has 0 fully saturated rings. The summed E-state index contributed by atoms with van der Waals surface area (Å²) in [6, 6.07) is 0. The van der Waals surface area contributed by atoms with Crippen LogP contribution in [0.4, 0.5) is 0 Å². The van der Waals surface area contributed by atoms with Crippen LogP contribution in [0.5, 0.6) is 0 Å². The van der Waals surface area contributed by atoms with Crippen LogP contribution in [0.3, 0.4) is 0 Å². The third-order valence-electron chi connectivity index (χ3n) is 0.428. The van der Waals surface area contributed by atoms with Gasteiger partial charge in [0.15, 0.2) is 0 Å². The van der Waals surface area contributed by atoms with Crippen LogP contribution in [-0.4, -0.2) is 10.2 Å². The molecule has 40 valence electrons. The summed E-state index contributed by atoms with van der Waals surface area (Å²) in [5, 5.41) is 8.02. The molecule has 0 heterocycles. The first-order valence-corrected chi connectivity index (χ1v) is 2.29. The second-order valence-corrected chi connectivity index (χ2v) is 1.42. The van der Waals surface area contributed by atoms with Crippen molar-refractivity contribution in [2.75, 3.05) is 0 Å². The van der Waals surface area contributed by atoms with Crippen molar-refractivity contribution in [2.45, 2.75) is 6.92 Å². The average molecular weight is 117 g/mol. The number of hydrogen-bond donors (Lipinski definition) is 2. The molecule has 0 aliphatic carbocycles. The first kappa shape index (κ1) is 6.59. The van der Waals surface area contributed by atoms with E-state index in [1.165, 1.54) is 0 Å². The highest BCUT2D eigenvalue weighted by molar-refractivity contribution is 7.80. The van der Waals surface area contributed by atoms with E-state index in [-0.39, 0.29) is 0 Å². The fourth-order valence-corrected chi connectivity index (χ4v) is 0.325. The molecule has 0 rings (SSSR count). The lowest BCUT2D eigenvalue weighted by atomic mass is 10.5. The quantitative estimate of drug-likeness (QED) is 0.303. The molecule has 7 heavy (non-hydrogen) atoms. The van der Waals surface area contributed by atoms with E-state index in [1.807, 2.05) is 12.4 Å². The second kappa shape index (κ2) is 3.77. The molecule has 0 bridgehead atoms. The van der Waals surface area contributed by atoms with Crippen LogP contribution in [0, 0.1) is 0 Å². The average Bonchev–Trinajstić information content (AvgIpc) is 1.68. The normalized spacial score (nSPS) is 9.43. The number of hydrogen-bond acceptors (Lipinski definition) is 2. The van der Waals surface area contributed by atoms with E-state index in [1.54, 1.807) is 12.2 Å². The molecule has 2 N–H and O–H groups in total. The molecule has 0 amide bonds. The lowest BCUT2D eigenvalue weighted by Crippen LogP contribution is -2.12. The highest BCUT2D eigenvalue weighted by Gasteiger charge is 1.76. The van der Waals surface area contributed by atoms with Gasteiger partial charge in [-0.1, -0.05) is 18.3 Å². The van der Waals surface area contributed by atoms with Crippen molar-refractivity contribution in [1.82, 2.24) is 5.48 Å². The van der Waals surface area contributed by atoms with Crippen molar-refractivity contribution < 1.29 is 5.21 Å². The first-order valence-electron chi connectivity index (χ1n) is 1.88. The van der Waals surface area contributed by atoms with Crippen LogP contribution >= 0.6 is 12.2 Å². The van der Waals surface area contributed by atoms with Gasteiger partial charge < -0.3 is 0 Å². The molecule has 0 aliphatic heterocycles. The second-order valence-electron chi connectivity index (χ2n) is 0.976. The van der Waals surface area contributed by atoms with Gasteiger partial charge in [-0.25, -0.2) is 0 Å². The predicted molar refractivity (Wildman–Crippen MR) is 32.3 cm³/mol. The first-order chi connectivity index (χ1) is 3.31. The van der Waals surface area contributed by atoms with Gasteiger partial charge in [0, 0.05) is 0 Å². The molecular weight excluding hydrogens is 110 g/mol. The smallest absolute Gasteiger partial charge is 0.123 e. The summed E-state index contributed by atoms with van der Waals surface area (Å²) in [5.74, 6) is 0. The highest BCUT2D eigenvalue weighted by Crippen LogP contribution is 1.71. The van der Waals surface area contributed by atoms with Crippen LogP contribution in [0.15, 0.2) is 12.2 Å². The van der Waals surface area contributed by atoms with E-state index in [4.69, 9.17) is 5.21 Å². The number of thiocarbonyl (C=S) groups is 1. The van der Waals surface area contributed by atoms with Crippen molar-refractivity contribution in [3.63, 3.8) is 0 Å². The molecule has 0 aromatic carbocycles. The van der Waals surface area contributed by atoms with Crippen LogP contribution in [0.2, 0.25) is 0 Å². The van der Waals surface area contributed by atoms with E-state index in [9.17, 15) is 0 Å². The molecule has 2 nitrogen and oxygen atoms in total. The number of hydroxylamine groups is 1. The van der Waals surface area contributed by atoms with Gasteiger partial charge in [0.1, 0.15) is 4.99 Å². The third kappa shape index (κ3) is 3.42. The number of rotatable bonds is 1. The van der Waals surface area contributed by atoms with Crippen molar-refractivity contribution in [3.05, 3.63) is 12.2 Å². The maximum Gasteiger partial charge on any atom is 0.123 e. The van der Waals surface area contributed by atoms with E-state index in [0.717, 1.165) is 0 Å². The summed E-state index contributed by atoms with van der Waals surface area (Å²) in [7, 11) is 0. The van der Waals surface area contributed by atoms with E-state index >= 15 is 0 Å². The van der Waals surface area contributed by atoms with Crippen LogP contribution in [-0.2, 0) is 0 Å². The van der Waals surface area contributed by atoms with Gasteiger partial charge in [0.2, 0.25) is 0 Å². The SMILES string of the molecule is CC=CC(=S)NO. The van der Waals surface area contributed by atoms with Crippen LogP contribution in [0.25, 0.3) is 0 Å². The van der Waals surface area contributed by atoms with E-state index in [0.29, 0.717) is 4.99 Å². The Kier molecular flexibility index (Phi) is 3.55. The summed E-state index contributed by atoms with van der Waals surface area (Å²) < 4.78 is 0. The van der Waals surface area contributed by atoms with Gasteiger partial charge in [-0.05, 0) is 13.0 Å². The Balaban J connectivity index is 3.37. The predicted octanol–water partition coefficient (Wildman–Crippen LogP) is 0.869. The zero-order valence-electron chi connectivity index (χ0n) is 4.01. The lowest BCUT2D eigenvalue weighted by Gasteiger charge is -1.87. The molecular formula is C4H7NOS. The van der Waals surface area contributed by atoms with Crippen molar-refractivity contribution in [1.29, 1.82) is 0 Å². The van der Waals surface area contributed by atoms with Crippen molar-refractivity contribution >= 4 is 17.2 Å². The van der Waals surface area contributed by atoms with Crippen LogP contribution < -0.4 is 5.48 Å². The van der Waals surface area contributed by atoms with Gasteiger partial charge in [-0.15, -0.1) is 0 Å². The van der Waals surface area contributed by atoms with Crippen molar-refractivity contribution in [3.8, 4) is 0 Å².